The topological polar surface area (TPSA) is 83.9 Å². The van der Waals surface area contributed by atoms with E-state index < -0.39 is 44.7 Å². The summed E-state index contributed by atoms with van der Waals surface area (Å²) in [5.74, 6) is -3.43. The summed E-state index contributed by atoms with van der Waals surface area (Å²) in [4.78, 5) is 10.3. The lowest BCUT2D eigenvalue weighted by Crippen LogP contribution is -2.40. The molecule has 1 N–H and O–H groups in total. The van der Waals surface area contributed by atoms with Crippen molar-refractivity contribution < 1.29 is 31.8 Å². The van der Waals surface area contributed by atoms with Crippen LogP contribution in [0.2, 0.25) is 0 Å². The average Bonchev–Trinajstić information content (AvgIpc) is 2.86. The third kappa shape index (κ3) is 2.89. The molecule has 1 aliphatic rings. The first-order valence-corrected chi connectivity index (χ1v) is 7.44. The van der Waals surface area contributed by atoms with Gasteiger partial charge in [0.1, 0.15) is 22.6 Å². The second-order valence-corrected chi connectivity index (χ2v) is 6.46. The molecule has 1 aliphatic heterocycles. The van der Waals surface area contributed by atoms with Crippen molar-refractivity contribution in [2.75, 3.05) is 13.7 Å². The van der Waals surface area contributed by atoms with Crippen LogP contribution < -0.4 is 0 Å². The van der Waals surface area contributed by atoms with E-state index in [1.165, 1.54) is 7.11 Å². The maximum absolute atomic E-state index is 13.7. The normalized spacial score (nSPS) is 23.4. The molecule has 0 bridgehead atoms. The van der Waals surface area contributed by atoms with Crippen molar-refractivity contribution in [2.45, 2.75) is 23.5 Å². The van der Waals surface area contributed by atoms with Crippen LogP contribution in [0.25, 0.3) is 0 Å². The second-order valence-electron chi connectivity index (χ2n) is 4.60. The number of benzene rings is 1. The summed E-state index contributed by atoms with van der Waals surface area (Å²) in [6, 6.07) is 0.624. The van der Waals surface area contributed by atoms with Gasteiger partial charge in [0.2, 0.25) is 10.0 Å². The Morgan fingerprint density at radius 1 is 1.43 bits per heavy atom. The molecule has 0 aromatic heterocycles. The minimum atomic E-state index is -4.47. The number of carboxylic acids is 1. The average molecular weight is 321 g/mol. The molecule has 2 atom stereocenters. The molecule has 0 saturated carbocycles. The van der Waals surface area contributed by atoms with Gasteiger partial charge in [-0.3, -0.25) is 4.79 Å². The van der Waals surface area contributed by atoms with Crippen LogP contribution in [-0.4, -0.2) is 49.6 Å². The Bertz CT molecular complexity index is 664. The van der Waals surface area contributed by atoms with Crippen LogP contribution in [0.4, 0.5) is 8.78 Å². The highest BCUT2D eigenvalue weighted by Gasteiger charge is 2.45. The number of halogens is 2. The number of rotatable bonds is 4. The smallest absolute Gasteiger partial charge is 0.322 e. The van der Waals surface area contributed by atoms with Gasteiger partial charge in [0.25, 0.3) is 0 Å². The van der Waals surface area contributed by atoms with E-state index in [-0.39, 0.29) is 13.0 Å². The zero-order valence-electron chi connectivity index (χ0n) is 11.0. The fraction of sp³-hybridized carbons (Fsp3) is 0.417. The SMILES string of the molecule is COC1CC(C(=O)O)N(S(=O)(=O)c2cc(F)ccc2F)C1. The van der Waals surface area contributed by atoms with E-state index in [0.717, 1.165) is 6.07 Å². The van der Waals surface area contributed by atoms with E-state index in [9.17, 15) is 22.0 Å². The predicted octanol–water partition coefficient (Wildman–Crippen LogP) is 0.827. The van der Waals surface area contributed by atoms with E-state index in [1.807, 2.05) is 0 Å². The summed E-state index contributed by atoms with van der Waals surface area (Å²) < 4.78 is 57.2. The van der Waals surface area contributed by atoms with Gasteiger partial charge in [-0.05, 0) is 18.2 Å². The van der Waals surface area contributed by atoms with Gasteiger partial charge in [0.05, 0.1) is 6.10 Å². The van der Waals surface area contributed by atoms with Gasteiger partial charge in [-0.25, -0.2) is 17.2 Å². The highest BCUT2D eigenvalue weighted by molar-refractivity contribution is 7.89. The van der Waals surface area contributed by atoms with Crippen molar-refractivity contribution >= 4 is 16.0 Å². The fourth-order valence-electron chi connectivity index (χ4n) is 2.23. The largest absolute Gasteiger partial charge is 0.480 e. The number of carbonyl (C=O) groups is 1. The fourth-order valence-corrected chi connectivity index (χ4v) is 3.93. The molecule has 2 unspecified atom stereocenters. The lowest BCUT2D eigenvalue weighted by atomic mass is 10.2. The van der Waals surface area contributed by atoms with E-state index >= 15 is 0 Å². The Balaban J connectivity index is 2.47. The number of hydrogen-bond donors (Lipinski definition) is 1. The van der Waals surface area contributed by atoms with Crippen LogP contribution in [0.5, 0.6) is 0 Å². The Morgan fingerprint density at radius 3 is 2.67 bits per heavy atom. The van der Waals surface area contributed by atoms with Crippen molar-refractivity contribution in [1.29, 1.82) is 0 Å². The third-order valence-corrected chi connectivity index (χ3v) is 5.21. The number of nitrogens with zero attached hydrogens (tertiary/aromatic N) is 1. The summed E-state index contributed by atoms with van der Waals surface area (Å²) >= 11 is 0. The highest BCUT2D eigenvalue weighted by Crippen LogP contribution is 2.29. The summed E-state index contributed by atoms with van der Waals surface area (Å²) in [6.45, 7) is -0.230. The first-order valence-electron chi connectivity index (χ1n) is 6.00. The molecule has 1 heterocycles. The monoisotopic (exact) mass is 321 g/mol. The number of aliphatic carboxylic acids is 1. The van der Waals surface area contributed by atoms with Gasteiger partial charge in [-0.2, -0.15) is 4.31 Å². The lowest BCUT2D eigenvalue weighted by Gasteiger charge is -2.21. The van der Waals surface area contributed by atoms with Crippen molar-refractivity contribution in [3.05, 3.63) is 29.8 Å². The Morgan fingerprint density at radius 2 is 2.10 bits per heavy atom. The maximum atomic E-state index is 13.7. The molecule has 2 rings (SSSR count). The summed E-state index contributed by atoms with van der Waals surface area (Å²) in [5, 5.41) is 9.10. The Labute approximate surface area is 120 Å². The van der Waals surface area contributed by atoms with E-state index in [2.05, 4.69) is 0 Å². The quantitative estimate of drug-likeness (QED) is 0.888. The number of sulfonamides is 1. The molecular weight excluding hydrogens is 308 g/mol. The summed E-state index contributed by atoms with van der Waals surface area (Å²) in [5.41, 5.74) is 0. The third-order valence-electron chi connectivity index (χ3n) is 3.32. The maximum Gasteiger partial charge on any atom is 0.322 e. The minimum absolute atomic E-state index is 0.0536. The molecule has 9 heteroatoms. The molecule has 0 aliphatic carbocycles. The number of carboxylic acid groups (broad SMARTS) is 1. The Kier molecular flexibility index (Phi) is 4.26. The van der Waals surface area contributed by atoms with E-state index in [1.54, 1.807) is 0 Å². The van der Waals surface area contributed by atoms with Crippen molar-refractivity contribution in [2.24, 2.45) is 0 Å². The molecule has 116 valence electrons. The van der Waals surface area contributed by atoms with Gasteiger partial charge in [-0.1, -0.05) is 0 Å². The second kappa shape index (κ2) is 5.66. The molecule has 0 amide bonds. The zero-order chi connectivity index (χ0) is 15.8. The van der Waals surface area contributed by atoms with Crippen molar-refractivity contribution in [1.82, 2.24) is 4.31 Å². The summed E-state index contributed by atoms with van der Waals surface area (Å²) in [7, 11) is -3.15. The van der Waals surface area contributed by atoms with Crippen molar-refractivity contribution in [3.63, 3.8) is 0 Å². The predicted molar refractivity (Wildman–Crippen MR) is 67.1 cm³/mol. The summed E-state index contributed by atoms with van der Waals surface area (Å²) in [6.07, 6.45) is -0.667. The number of ether oxygens (including phenoxy) is 1. The first kappa shape index (κ1) is 15.8. The van der Waals surface area contributed by atoms with Crippen LogP contribution in [0.15, 0.2) is 23.1 Å². The molecule has 1 aromatic carbocycles. The lowest BCUT2D eigenvalue weighted by molar-refractivity contribution is -0.140. The number of hydrogen-bond acceptors (Lipinski definition) is 4. The molecule has 6 nitrogen and oxygen atoms in total. The van der Waals surface area contributed by atoms with Gasteiger partial charge < -0.3 is 9.84 Å². The molecule has 0 radical (unpaired) electrons. The van der Waals surface area contributed by atoms with Crippen LogP contribution in [0.3, 0.4) is 0 Å². The van der Waals surface area contributed by atoms with Crippen molar-refractivity contribution in [3.8, 4) is 0 Å². The molecule has 0 spiro atoms. The van der Waals surface area contributed by atoms with E-state index in [0.29, 0.717) is 16.4 Å². The van der Waals surface area contributed by atoms with Crippen LogP contribution >= 0.6 is 0 Å². The van der Waals surface area contributed by atoms with Gasteiger partial charge in [0, 0.05) is 20.1 Å². The molecular formula is C12H13F2NO5S. The highest BCUT2D eigenvalue weighted by atomic mass is 32.2. The first-order chi connectivity index (χ1) is 9.77. The van der Waals surface area contributed by atoms with Crippen LogP contribution in [0.1, 0.15) is 6.42 Å². The van der Waals surface area contributed by atoms with Gasteiger partial charge in [0.15, 0.2) is 0 Å². The van der Waals surface area contributed by atoms with Gasteiger partial charge >= 0.3 is 5.97 Å². The van der Waals surface area contributed by atoms with Crippen LogP contribution in [0, 0.1) is 11.6 Å². The molecule has 1 aromatic rings. The molecule has 21 heavy (non-hydrogen) atoms. The molecule has 1 saturated heterocycles. The zero-order valence-corrected chi connectivity index (χ0v) is 11.8. The molecule has 1 fully saturated rings. The van der Waals surface area contributed by atoms with Crippen LogP contribution in [-0.2, 0) is 19.6 Å². The Hall–Kier alpha value is -1.58. The minimum Gasteiger partial charge on any atom is -0.480 e. The number of methoxy groups -OCH3 is 1. The van der Waals surface area contributed by atoms with E-state index in [4.69, 9.17) is 9.84 Å². The van der Waals surface area contributed by atoms with Gasteiger partial charge in [-0.15, -0.1) is 0 Å². The standard InChI is InChI=1S/C12H13F2NO5S/c1-20-8-5-10(12(16)17)15(6-8)21(18,19)11-4-7(13)2-3-9(11)14/h2-4,8,10H,5-6H2,1H3,(H,16,17).